The molecule has 36 valence electrons. The van der Waals surface area contributed by atoms with Crippen LogP contribution in [0.2, 0.25) is 0 Å². The summed E-state index contributed by atoms with van der Waals surface area (Å²) >= 11 is 0. The molecule has 1 nitrogen and oxygen atoms in total. The highest BCUT2D eigenvalue weighted by molar-refractivity contribution is 4.61. The summed E-state index contributed by atoms with van der Waals surface area (Å²) in [6, 6.07) is 0. The maximum absolute atomic E-state index is 3.67. The molecular weight excluding hydrogens is 74.1 g/mol. The Kier molecular flexibility index (Phi) is 2.77. The number of hydrogen-bond acceptors (Lipinski definition) is 0. The smallest absolute Gasteiger partial charge is 0.0712 e. The number of quaternary nitrogens is 1. The predicted molar refractivity (Wildman–Crippen MR) is 27.3 cm³/mol. The minimum Gasteiger partial charge on any atom is -0.467 e. The van der Waals surface area contributed by atoms with Crippen molar-refractivity contribution in [3.63, 3.8) is 0 Å². The van der Waals surface area contributed by atoms with Crippen LogP contribution >= 0.6 is 0 Å². The molecule has 0 aromatic carbocycles. The summed E-state index contributed by atoms with van der Waals surface area (Å²) in [6.07, 6.45) is 1.85. The Labute approximate surface area is 39.3 Å². The molecule has 0 spiro atoms. The molecule has 0 aliphatic carbocycles. The molecule has 1 unspecified atom stereocenters. The van der Waals surface area contributed by atoms with Crippen molar-refractivity contribution in [1.82, 2.24) is 0 Å². The molecule has 0 aromatic rings. The molecule has 0 bridgehead atoms. The van der Waals surface area contributed by atoms with Gasteiger partial charge in [0.2, 0.25) is 0 Å². The third-order valence-corrected chi connectivity index (χ3v) is 0.493. The summed E-state index contributed by atoms with van der Waals surface area (Å²) in [5.41, 5.74) is 0. The summed E-state index contributed by atoms with van der Waals surface area (Å²) in [6.45, 7) is 4.48. The topological polar surface area (TPSA) is 4.44 Å². The first-order chi connectivity index (χ1) is 2.77. The van der Waals surface area contributed by atoms with Crippen molar-refractivity contribution in [1.29, 1.82) is 0 Å². The van der Waals surface area contributed by atoms with E-state index in [9.17, 15) is 0 Å². The summed E-state index contributed by atoms with van der Waals surface area (Å²) in [5.74, 6) is 0. The van der Waals surface area contributed by atoms with Gasteiger partial charge in [-0.15, -0.1) is 0 Å². The van der Waals surface area contributed by atoms with Gasteiger partial charge in [0, 0.05) is 7.05 Å². The highest BCUT2D eigenvalue weighted by Crippen LogP contribution is 1.43. The van der Waals surface area contributed by atoms with Gasteiger partial charge in [-0.25, -0.2) is 0 Å². The van der Waals surface area contributed by atoms with E-state index in [-0.39, 0.29) is 0 Å². The molecule has 0 aliphatic heterocycles. The van der Waals surface area contributed by atoms with Gasteiger partial charge < -0.3 is 4.90 Å². The van der Waals surface area contributed by atoms with Gasteiger partial charge in [-0.1, -0.05) is 6.58 Å². The fourth-order valence-corrected chi connectivity index (χ4v) is 0.246. The lowest BCUT2D eigenvalue weighted by Crippen LogP contribution is -3.03. The van der Waals surface area contributed by atoms with Crippen molar-refractivity contribution >= 4 is 0 Å². The fraction of sp³-hybridized carbons (Fsp3) is 0.400. The Hall–Kier alpha value is -0.300. The van der Waals surface area contributed by atoms with Gasteiger partial charge in [0.05, 0.1) is 6.54 Å². The van der Waals surface area contributed by atoms with Gasteiger partial charge >= 0.3 is 0 Å². The van der Waals surface area contributed by atoms with Crippen molar-refractivity contribution in [2.45, 2.75) is 0 Å². The van der Waals surface area contributed by atoms with E-state index in [0.717, 1.165) is 6.54 Å². The Bertz CT molecular complexity index is 39.2. The van der Waals surface area contributed by atoms with Crippen LogP contribution in [0.15, 0.2) is 12.7 Å². The van der Waals surface area contributed by atoms with E-state index in [4.69, 9.17) is 0 Å². The van der Waals surface area contributed by atoms with Crippen molar-refractivity contribution in [3.05, 3.63) is 19.7 Å². The van der Waals surface area contributed by atoms with Crippen LogP contribution in [0, 0.1) is 7.05 Å². The first-order valence-corrected chi connectivity index (χ1v) is 2.02. The lowest BCUT2D eigenvalue weighted by molar-refractivity contribution is -0.824. The number of nitrogens with one attached hydrogen (secondary N) is 1. The number of hydrogen-bond donors (Lipinski definition) is 1. The third kappa shape index (κ3) is 3.70. The van der Waals surface area contributed by atoms with Crippen molar-refractivity contribution in [2.24, 2.45) is 0 Å². The monoisotopic (exact) mass is 85.1 g/mol. The third-order valence-electron chi connectivity index (χ3n) is 0.493. The zero-order valence-electron chi connectivity index (χ0n) is 4.20. The quantitative estimate of drug-likeness (QED) is 0.340. The second kappa shape index (κ2) is 2.91. The molecule has 1 heteroatoms. The number of likely N-dealkylation sites (N-methyl/N-ethyl adjacent to an activating group) is 1. The maximum Gasteiger partial charge on any atom is 0.0712 e. The average Bonchev–Trinajstić information content (AvgIpc) is 1.35. The van der Waals surface area contributed by atoms with Gasteiger partial charge in [-0.2, -0.15) is 7.05 Å². The largest absolute Gasteiger partial charge is 0.467 e. The van der Waals surface area contributed by atoms with Crippen LogP contribution in [0.25, 0.3) is 0 Å². The Balaban J connectivity index is 2.81. The van der Waals surface area contributed by atoms with E-state index in [1.807, 2.05) is 13.1 Å². The minimum absolute atomic E-state index is 0.944. The first-order valence-electron chi connectivity index (χ1n) is 2.02. The fourth-order valence-electron chi connectivity index (χ4n) is 0.246. The van der Waals surface area contributed by atoms with E-state index in [0.29, 0.717) is 0 Å². The number of rotatable bonds is 2. The molecule has 0 aromatic heterocycles. The summed E-state index contributed by atoms with van der Waals surface area (Å²) in [7, 11) is 5.66. The van der Waals surface area contributed by atoms with Gasteiger partial charge in [0.1, 0.15) is 0 Å². The molecular formula is C5H11N. The second-order valence-corrected chi connectivity index (χ2v) is 1.45. The molecule has 1 atom stereocenters. The van der Waals surface area contributed by atoms with Crippen LogP contribution in [0.4, 0.5) is 0 Å². The Morgan fingerprint density at radius 1 is 2.00 bits per heavy atom. The van der Waals surface area contributed by atoms with E-state index < -0.39 is 0 Å². The standard InChI is InChI=1S/C5H11N/c1-4-5-6(2)3/h4,6H,1-2,5H2,3H3. The molecule has 0 fully saturated rings. The zero-order valence-corrected chi connectivity index (χ0v) is 4.20. The van der Waals surface area contributed by atoms with Crippen LogP contribution < -0.4 is 4.90 Å². The van der Waals surface area contributed by atoms with E-state index >= 15 is 0 Å². The van der Waals surface area contributed by atoms with E-state index in [1.54, 1.807) is 0 Å². The Morgan fingerprint density at radius 2 is 2.50 bits per heavy atom. The van der Waals surface area contributed by atoms with Gasteiger partial charge in [-0.3, -0.25) is 0 Å². The maximum atomic E-state index is 3.67. The van der Waals surface area contributed by atoms with Crippen LogP contribution in [0.5, 0.6) is 0 Å². The SMILES string of the molecule is C=CC[NH+]([CH2-])C. The molecule has 0 amide bonds. The average molecular weight is 85.1 g/mol. The van der Waals surface area contributed by atoms with Crippen molar-refractivity contribution in [2.75, 3.05) is 13.6 Å². The van der Waals surface area contributed by atoms with Crippen LogP contribution in [0.3, 0.4) is 0 Å². The molecule has 0 saturated carbocycles. The van der Waals surface area contributed by atoms with Crippen LogP contribution in [-0.4, -0.2) is 13.6 Å². The molecule has 6 heavy (non-hydrogen) atoms. The molecule has 0 aliphatic rings. The lowest BCUT2D eigenvalue weighted by atomic mass is 10.6. The normalized spacial score (nSPS) is 13.7. The zero-order chi connectivity index (χ0) is 4.99. The second-order valence-electron chi connectivity index (χ2n) is 1.45. The molecule has 0 heterocycles. The minimum atomic E-state index is 0.944. The van der Waals surface area contributed by atoms with Crippen molar-refractivity contribution in [3.8, 4) is 0 Å². The molecule has 1 N–H and O–H groups in total. The molecule has 0 radical (unpaired) electrons. The van der Waals surface area contributed by atoms with Crippen molar-refractivity contribution < 1.29 is 4.90 Å². The highest BCUT2D eigenvalue weighted by atomic mass is 15.0. The lowest BCUT2D eigenvalue weighted by Gasteiger charge is -2.08. The highest BCUT2D eigenvalue weighted by Gasteiger charge is 1.71. The Morgan fingerprint density at radius 3 is 2.50 bits per heavy atom. The summed E-state index contributed by atoms with van der Waals surface area (Å²) < 4.78 is 0. The van der Waals surface area contributed by atoms with Gasteiger partial charge in [-0.05, 0) is 6.08 Å². The van der Waals surface area contributed by atoms with E-state index in [2.05, 4.69) is 13.6 Å². The van der Waals surface area contributed by atoms with Gasteiger partial charge in [0.15, 0.2) is 0 Å². The molecule has 0 saturated heterocycles. The molecule has 0 rings (SSSR count). The predicted octanol–water partition coefficient (Wildman–Crippen LogP) is -0.521. The van der Waals surface area contributed by atoms with E-state index in [1.165, 1.54) is 4.90 Å². The van der Waals surface area contributed by atoms with Crippen LogP contribution in [-0.2, 0) is 0 Å². The summed E-state index contributed by atoms with van der Waals surface area (Å²) in [5, 5.41) is 0. The summed E-state index contributed by atoms with van der Waals surface area (Å²) in [4.78, 5) is 1.17. The first kappa shape index (κ1) is 5.70. The van der Waals surface area contributed by atoms with Crippen LogP contribution in [0.1, 0.15) is 0 Å². The van der Waals surface area contributed by atoms with Gasteiger partial charge in [0.25, 0.3) is 0 Å².